The number of nitrogens with two attached hydrogens (primary N) is 1. The van der Waals surface area contributed by atoms with Crippen LogP contribution < -0.4 is 10.6 Å². The van der Waals surface area contributed by atoms with Gasteiger partial charge < -0.3 is 20.6 Å². The van der Waals surface area contributed by atoms with Crippen LogP contribution in [-0.2, 0) is 4.74 Å². The first kappa shape index (κ1) is 14.6. The molecule has 1 heterocycles. The molecule has 3 N–H and O–H groups in total. The van der Waals surface area contributed by atoms with Crippen molar-refractivity contribution in [3.05, 3.63) is 24.0 Å². The quantitative estimate of drug-likeness (QED) is 0.341. The number of hydrogen-bond donors (Lipinski definition) is 2. The lowest BCUT2D eigenvalue weighted by atomic mass is 10.1. The van der Waals surface area contributed by atoms with Crippen LogP contribution in [0.2, 0.25) is 0 Å². The minimum Gasteiger partial charge on any atom is -0.409 e. The van der Waals surface area contributed by atoms with Crippen LogP contribution in [0.5, 0.6) is 0 Å². The molecule has 0 spiro atoms. The zero-order chi connectivity index (χ0) is 14.5. The van der Waals surface area contributed by atoms with Crippen molar-refractivity contribution in [1.29, 1.82) is 0 Å². The van der Waals surface area contributed by atoms with Gasteiger partial charge in [-0.1, -0.05) is 5.16 Å². The molecule has 1 aliphatic rings. The average molecular weight is 278 g/mol. The predicted octanol–water partition coefficient (Wildman–Crippen LogP) is 1.43. The van der Waals surface area contributed by atoms with Gasteiger partial charge >= 0.3 is 0 Å². The Kier molecular flexibility index (Phi) is 4.79. The summed E-state index contributed by atoms with van der Waals surface area (Å²) in [6.45, 7) is 3.71. The maximum Gasteiger partial charge on any atom is 0.188 e. The van der Waals surface area contributed by atoms with Gasteiger partial charge in [-0.2, -0.15) is 0 Å². The van der Waals surface area contributed by atoms with Gasteiger partial charge in [0.2, 0.25) is 0 Å². The summed E-state index contributed by atoms with van der Waals surface area (Å²) in [4.78, 5) is 6.42. The van der Waals surface area contributed by atoms with Crippen LogP contribution in [0.25, 0.3) is 0 Å². The predicted molar refractivity (Wildman–Crippen MR) is 78.2 cm³/mol. The molecule has 110 valence electrons. The summed E-state index contributed by atoms with van der Waals surface area (Å²) in [5, 5.41) is 11.8. The number of pyridine rings is 1. The minimum absolute atomic E-state index is 0.0256. The maximum atomic E-state index is 8.76. The lowest BCUT2D eigenvalue weighted by Gasteiger charge is -2.31. The molecule has 2 rings (SSSR count). The summed E-state index contributed by atoms with van der Waals surface area (Å²) in [6.07, 6.45) is 4.24. The lowest BCUT2D eigenvalue weighted by molar-refractivity contribution is 0.202. The van der Waals surface area contributed by atoms with E-state index in [1.54, 1.807) is 13.3 Å². The number of anilines is 1. The minimum atomic E-state index is 0.0256. The number of ether oxygens (including phenoxy) is 1. The van der Waals surface area contributed by atoms with Crippen LogP contribution in [0, 0.1) is 5.92 Å². The highest BCUT2D eigenvalue weighted by atomic mass is 16.5. The Balaban J connectivity index is 2.22. The standard InChI is InChI=1S/C14H22N4O2/c1-10(11-3-4-11)18(7-8-20-2)12-5-6-16-13(9-12)14(15)17-19/h5-6,9-11,19H,3-4,7-8H2,1-2H3,(H2,15,17). The van der Waals surface area contributed by atoms with Crippen molar-refractivity contribution in [2.24, 2.45) is 16.8 Å². The third kappa shape index (κ3) is 3.39. The zero-order valence-electron chi connectivity index (χ0n) is 12.0. The number of methoxy groups -OCH3 is 1. The molecule has 0 bridgehead atoms. The Labute approximate surface area is 119 Å². The molecule has 6 heteroatoms. The number of hydrogen-bond acceptors (Lipinski definition) is 5. The van der Waals surface area contributed by atoms with Crippen molar-refractivity contribution in [3.63, 3.8) is 0 Å². The first-order chi connectivity index (χ1) is 9.67. The van der Waals surface area contributed by atoms with Crippen LogP contribution in [0.4, 0.5) is 5.69 Å². The van der Waals surface area contributed by atoms with Gasteiger partial charge in [0.25, 0.3) is 0 Å². The molecule has 0 aliphatic heterocycles. The van der Waals surface area contributed by atoms with Gasteiger partial charge in [0.1, 0.15) is 5.69 Å². The second kappa shape index (κ2) is 6.56. The van der Waals surface area contributed by atoms with Crippen LogP contribution >= 0.6 is 0 Å². The second-order valence-corrected chi connectivity index (χ2v) is 5.15. The highest BCUT2D eigenvalue weighted by molar-refractivity contribution is 5.95. The maximum absolute atomic E-state index is 8.76. The van der Waals surface area contributed by atoms with Crippen molar-refractivity contribution in [2.45, 2.75) is 25.8 Å². The SMILES string of the molecule is COCCN(c1ccnc(C(N)=NO)c1)C(C)C1CC1. The molecule has 0 saturated heterocycles. The molecule has 0 aromatic carbocycles. The Morgan fingerprint density at radius 2 is 2.40 bits per heavy atom. The number of rotatable bonds is 7. The summed E-state index contributed by atoms with van der Waals surface area (Å²) in [7, 11) is 1.70. The van der Waals surface area contributed by atoms with Crippen molar-refractivity contribution in [3.8, 4) is 0 Å². The molecule has 6 nitrogen and oxygen atoms in total. The Morgan fingerprint density at radius 3 is 3.00 bits per heavy atom. The third-order valence-electron chi connectivity index (χ3n) is 3.78. The molecule has 1 aromatic rings. The first-order valence-electron chi connectivity index (χ1n) is 6.87. The number of nitrogens with zero attached hydrogens (tertiary/aromatic N) is 3. The first-order valence-corrected chi connectivity index (χ1v) is 6.87. The van der Waals surface area contributed by atoms with Gasteiger partial charge in [0.15, 0.2) is 5.84 Å². The molecule has 1 atom stereocenters. The molecular formula is C14H22N4O2. The summed E-state index contributed by atoms with van der Waals surface area (Å²) in [5.74, 6) is 0.768. The van der Waals surface area contributed by atoms with Crippen molar-refractivity contribution < 1.29 is 9.94 Å². The fourth-order valence-corrected chi connectivity index (χ4v) is 2.38. The van der Waals surface area contributed by atoms with Crippen molar-refractivity contribution in [1.82, 2.24) is 4.98 Å². The highest BCUT2D eigenvalue weighted by Gasteiger charge is 2.32. The van der Waals surface area contributed by atoms with Crippen LogP contribution in [0.1, 0.15) is 25.5 Å². The van der Waals surface area contributed by atoms with E-state index < -0.39 is 0 Å². The van der Waals surface area contributed by atoms with E-state index in [0.29, 0.717) is 18.3 Å². The van der Waals surface area contributed by atoms with Gasteiger partial charge in [0, 0.05) is 31.6 Å². The van der Waals surface area contributed by atoms with Crippen molar-refractivity contribution in [2.75, 3.05) is 25.2 Å². The normalized spacial score (nSPS) is 17.0. The Bertz CT molecular complexity index is 474. The Hall–Kier alpha value is -1.82. The zero-order valence-corrected chi connectivity index (χ0v) is 12.0. The van der Waals surface area contributed by atoms with E-state index in [9.17, 15) is 0 Å². The molecule has 20 heavy (non-hydrogen) atoms. The number of oxime groups is 1. The largest absolute Gasteiger partial charge is 0.409 e. The fourth-order valence-electron chi connectivity index (χ4n) is 2.38. The number of amidine groups is 1. The lowest BCUT2D eigenvalue weighted by Crippen LogP contribution is -2.37. The molecular weight excluding hydrogens is 256 g/mol. The summed E-state index contributed by atoms with van der Waals surface area (Å²) < 4.78 is 5.20. The van der Waals surface area contributed by atoms with Crippen LogP contribution in [0.15, 0.2) is 23.5 Å². The molecule has 0 amide bonds. The molecule has 1 unspecified atom stereocenters. The van der Waals surface area contributed by atoms with E-state index in [1.165, 1.54) is 12.8 Å². The summed E-state index contributed by atoms with van der Waals surface area (Å²) >= 11 is 0. The fraction of sp³-hybridized carbons (Fsp3) is 0.571. The molecule has 1 saturated carbocycles. The van der Waals surface area contributed by atoms with Crippen LogP contribution in [0.3, 0.4) is 0 Å². The van der Waals surface area contributed by atoms with E-state index in [-0.39, 0.29) is 5.84 Å². The molecule has 0 radical (unpaired) electrons. The summed E-state index contributed by atoms with van der Waals surface area (Å²) in [6, 6.07) is 4.25. The third-order valence-corrected chi connectivity index (χ3v) is 3.78. The Morgan fingerprint density at radius 1 is 1.65 bits per heavy atom. The van der Waals surface area contributed by atoms with Crippen molar-refractivity contribution >= 4 is 11.5 Å². The number of aromatic nitrogens is 1. The molecule has 1 aliphatic carbocycles. The summed E-state index contributed by atoms with van der Waals surface area (Å²) in [5.41, 5.74) is 7.11. The van der Waals surface area contributed by atoms with E-state index >= 15 is 0 Å². The molecule has 1 fully saturated rings. The van der Waals surface area contributed by atoms with Gasteiger partial charge in [-0.3, -0.25) is 4.98 Å². The molecule has 1 aromatic heterocycles. The second-order valence-electron chi connectivity index (χ2n) is 5.15. The van der Waals surface area contributed by atoms with Gasteiger partial charge in [-0.25, -0.2) is 0 Å². The highest BCUT2D eigenvalue weighted by Crippen LogP contribution is 2.36. The van der Waals surface area contributed by atoms with Crippen LogP contribution in [-0.4, -0.2) is 42.3 Å². The monoisotopic (exact) mass is 278 g/mol. The van der Waals surface area contributed by atoms with E-state index in [4.69, 9.17) is 15.7 Å². The van der Waals surface area contributed by atoms with E-state index in [1.807, 2.05) is 12.1 Å². The van der Waals surface area contributed by atoms with E-state index in [0.717, 1.165) is 18.2 Å². The smallest absolute Gasteiger partial charge is 0.188 e. The van der Waals surface area contributed by atoms with Gasteiger partial charge in [-0.15, -0.1) is 0 Å². The average Bonchev–Trinajstić information content (AvgIpc) is 3.31. The van der Waals surface area contributed by atoms with Gasteiger partial charge in [0.05, 0.1) is 6.61 Å². The van der Waals surface area contributed by atoms with Gasteiger partial charge in [-0.05, 0) is 37.8 Å². The topological polar surface area (TPSA) is 84.0 Å². The van der Waals surface area contributed by atoms with E-state index in [2.05, 4.69) is 22.0 Å².